The van der Waals surface area contributed by atoms with Crippen LogP contribution in [0.4, 0.5) is 0 Å². The van der Waals surface area contributed by atoms with Crippen LogP contribution in [-0.2, 0) is 4.74 Å². The summed E-state index contributed by atoms with van der Waals surface area (Å²) in [6, 6.07) is 0.731. The second-order valence-electron chi connectivity index (χ2n) is 6.28. The van der Waals surface area contributed by atoms with E-state index in [1.54, 1.807) is 0 Å². The van der Waals surface area contributed by atoms with Gasteiger partial charge in [0.25, 0.3) is 0 Å². The van der Waals surface area contributed by atoms with E-state index >= 15 is 0 Å². The van der Waals surface area contributed by atoms with E-state index in [9.17, 15) is 0 Å². The molecule has 2 aliphatic rings. The van der Waals surface area contributed by atoms with E-state index in [4.69, 9.17) is 4.74 Å². The van der Waals surface area contributed by atoms with Gasteiger partial charge in [0, 0.05) is 25.7 Å². The fourth-order valence-corrected chi connectivity index (χ4v) is 3.41. The quantitative estimate of drug-likeness (QED) is 0.815. The second kappa shape index (κ2) is 5.68. The molecule has 100 valence electrons. The molecule has 17 heavy (non-hydrogen) atoms. The lowest BCUT2D eigenvalue weighted by molar-refractivity contribution is -0.0906. The topological polar surface area (TPSA) is 24.5 Å². The van der Waals surface area contributed by atoms with Gasteiger partial charge in [-0.05, 0) is 39.7 Å². The van der Waals surface area contributed by atoms with E-state index in [1.165, 1.54) is 32.2 Å². The van der Waals surface area contributed by atoms with Crippen LogP contribution in [0.15, 0.2) is 0 Å². The summed E-state index contributed by atoms with van der Waals surface area (Å²) in [5.74, 6) is 0.836. The number of hydrogen-bond donors (Lipinski definition) is 1. The lowest BCUT2D eigenvalue weighted by Gasteiger charge is -2.42. The zero-order valence-electron chi connectivity index (χ0n) is 11.7. The number of ether oxygens (including phenoxy) is 1. The molecule has 0 aromatic heterocycles. The fraction of sp³-hybridized carbons (Fsp3) is 1.00. The van der Waals surface area contributed by atoms with Gasteiger partial charge in [0.05, 0.1) is 12.2 Å². The van der Waals surface area contributed by atoms with Crippen LogP contribution in [0.5, 0.6) is 0 Å². The van der Waals surface area contributed by atoms with Gasteiger partial charge in [0.1, 0.15) is 0 Å². The Morgan fingerprint density at radius 2 is 2.06 bits per heavy atom. The molecule has 0 aromatic carbocycles. The first kappa shape index (κ1) is 13.3. The number of nitrogens with one attached hydrogen (secondary N) is 1. The first-order valence-electron chi connectivity index (χ1n) is 7.14. The molecule has 3 heteroatoms. The van der Waals surface area contributed by atoms with Crippen LogP contribution >= 0.6 is 0 Å². The Kier molecular flexibility index (Phi) is 4.45. The monoisotopic (exact) mass is 240 g/mol. The van der Waals surface area contributed by atoms with E-state index in [2.05, 4.69) is 31.1 Å². The van der Waals surface area contributed by atoms with Crippen molar-refractivity contribution < 1.29 is 4.74 Å². The van der Waals surface area contributed by atoms with Gasteiger partial charge < -0.3 is 10.1 Å². The molecule has 2 unspecified atom stereocenters. The first-order valence-corrected chi connectivity index (χ1v) is 7.14. The Bertz CT molecular complexity index is 242. The zero-order valence-corrected chi connectivity index (χ0v) is 11.7. The predicted octanol–water partition coefficient (Wildman–Crippen LogP) is 1.88. The summed E-state index contributed by atoms with van der Waals surface area (Å²) in [4.78, 5) is 2.60. The van der Waals surface area contributed by atoms with Crippen molar-refractivity contribution in [2.45, 2.75) is 51.2 Å². The van der Waals surface area contributed by atoms with Crippen molar-refractivity contribution in [3.63, 3.8) is 0 Å². The van der Waals surface area contributed by atoms with Crippen LogP contribution in [-0.4, -0.2) is 49.8 Å². The Balaban J connectivity index is 1.86. The van der Waals surface area contributed by atoms with E-state index in [1.807, 2.05) is 0 Å². The molecule has 1 aliphatic heterocycles. The minimum atomic E-state index is 0.0437. The van der Waals surface area contributed by atoms with E-state index < -0.39 is 0 Å². The molecule has 1 heterocycles. The summed E-state index contributed by atoms with van der Waals surface area (Å²) in [5.41, 5.74) is 0.0437. The van der Waals surface area contributed by atoms with Gasteiger partial charge in [-0.2, -0.15) is 0 Å². The minimum Gasteiger partial charge on any atom is -0.373 e. The van der Waals surface area contributed by atoms with Crippen molar-refractivity contribution in [3.05, 3.63) is 0 Å². The zero-order chi connectivity index (χ0) is 12.3. The molecule has 0 radical (unpaired) electrons. The summed E-state index contributed by atoms with van der Waals surface area (Å²) in [5, 5.41) is 3.51. The molecule has 1 N–H and O–H groups in total. The smallest absolute Gasteiger partial charge is 0.0753 e. The molecule has 0 aromatic rings. The van der Waals surface area contributed by atoms with Gasteiger partial charge in [-0.25, -0.2) is 0 Å². The van der Waals surface area contributed by atoms with Gasteiger partial charge in [0.2, 0.25) is 0 Å². The molecular weight excluding hydrogens is 212 g/mol. The molecule has 0 amide bonds. The molecule has 1 saturated heterocycles. The maximum atomic E-state index is 5.78. The van der Waals surface area contributed by atoms with Crippen LogP contribution in [0.2, 0.25) is 0 Å². The first-order chi connectivity index (χ1) is 8.11. The number of hydrogen-bond acceptors (Lipinski definition) is 3. The minimum absolute atomic E-state index is 0.0437. The maximum absolute atomic E-state index is 5.78. The molecule has 0 bridgehead atoms. The SMILES string of the molecule is CNC1CCCCC1CN1CCOC(C)(C)C1. The third kappa shape index (κ3) is 3.67. The van der Waals surface area contributed by atoms with E-state index in [0.717, 1.165) is 31.7 Å². The Hall–Kier alpha value is -0.120. The summed E-state index contributed by atoms with van der Waals surface area (Å²) < 4.78 is 5.78. The van der Waals surface area contributed by atoms with Crippen LogP contribution in [0.1, 0.15) is 39.5 Å². The second-order valence-corrected chi connectivity index (χ2v) is 6.28. The molecular formula is C14H28N2O. The van der Waals surface area contributed by atoms with Crippen molar-refractivity contribution in [1.82, 2.24) is 10.2 Å². The fourth-order valence-electron chi connectivity index (χ4n) is 3.41. The van der Waals surface area contributed by atoms with Crippen LogP contribution in [0.25, 0.3) is 0 Å². The van der Waals surface area contributed by atoms with E-state index in [0.29, 0.717) is 0 Å². The largest absolute Gasteiger partial charge is 0.373 e. The van der Waals surface area contributed by atoms with Crippen molar-refractivity contribution in [2.24, 2.45) is 5.92 Å². The van der Waals surface area contributed by atoms with Gasteiger partial charge in [-0.3, -0.25) is 4.90 Å². The Labute approximate surface area is 106 Å². The highest BCUT2D eigenvalue weighted by molar-refractivity contribution is 4.85. The highest BCUT2D eigenvalue weighted by Gasteiger charge is 2.31. The number of nitrogens with zero attached hydrogens (tertiary/aromatic N) is 1. The van der Waals surface area contributed by atoms with Crippen LogP contribution < -0.4 is 5.32 Å². The van der Waals surface area contributed by atoms with Crippen LogP contribution in [0.3, 0.4) is 0 Å². The average Bonchev–Trinajstić information content (AvgIpc) is 2.28. The molecule has 0 spiro atoms. The molecule has 2 fully saturated rings. The summed E-state index contributed by atoms with van der Waals surface area (Å²) in [7, 11) is 2.12. The van der Waals surface area contributed by atoms with Gasteiger partial charge in [-0.15, -0.1) is 0 Å². The lowest BCUT2D eigenvalue weighted by atomic mass is 9.84. The summed E-state index contributed by atoms with van der Waals surface area (Å²) in [6.07, 6.45) is 5.56. The predicted molar refractivity (Wildman–Crippen MR) is 71.3 cm³/mol. The highest BCUT2D eigenvalue weighted by atomic mass is 16.5. The normalized spacial score (nSPS) is 34.8. The van der Waals surface area contributed by atoms with Crippen LogP contribution in [0, 0.1) is 5.92 Å². The molecule has 3 nitrogen and oxygen atoms in total. The Morgan fingerprint density at radius 3 is 2.76 bits per heavy atom. The Morgan fingerprint density at radius 1 is 1.29 bits per heavy atom. The van der Waals surface area contributed by atoms with Crippen molar-refractivity contribution >= 4 is 0 Å². The average molecular weight is 240 g/mol. The number of morpholine rings is 1. The third-order valence-corrected chi connectivity index (χ3v) is 4.28. The van der Waals surface area contributed by atoms with Gasteiger partial charge in [0.15, 0.2) is 0 Å². The van der Waals surface area contributed by atoms with Crippen molar-refractivity contribution in [3.8, 4) is 0 Å². The van der Waals surface area contributed by atoms with E-state index in [-0.39, 0.29) is 5.60 Å². The van der Waals surface area contributed by atoms with Crippen molar-refractivity contribution in [2.75, 3.05) is 33.3 Å². The molecule has 1 aliphatic carbocycles. The molecule has 2 atom stereocenters. The molecule has 1 saturated carbocycles. The lowest BCUT2D eigenvalue weighted by Crippen LogP contribution is -2.52. The maximum Gasteiger partial charge on any atom is 0.0753 e. The number of rotatable bonds is 3. The van der Waals surface area contributed by atoms with Gasteiger partial charge >= 0.3 is 0 Å². The highest BCUT2D eigenvalue weighted by Crippen LogP contribution is 2.26. The summed E-state index contributed by atoms with van der Waals surface area (Å²) in [6.45, 7) is 8.74. The standard InChI is InChI=1S/C14H28N2O/c1-14(2)11-16(8-9-17-14)10-12-6-4-5-7-13(12)15-3/h12-13,15H,4-11H2,1-3H3. The van der Waals surface area contributed by atoms with Gasteiger partial charge in [-0.1, -0.05) is 12.8 Å². The third-order valence-electron chi connectivity index (χ3n) is 4.28. The molecule has 2 rings (SSSR count). The summed E-state index contributed by atoms with van der Waals surface area (Å²) >= 11 is 0. The van der Waals surface area contributed by atoms with Crippen molar-refractivity contribution in [1.29, 1.82) is 0 Å².